The number of hydrogen-bond donors (Lipinski definition) is 1. The largest absolute Gasteiger partial charge is 0.493 e. The quantitative estimate of drug-likeness (QED) is 0.344. The van der Waals surface area contributed by atoms with Crippen molar-refractivity contribution in [2.45, 2.75) is 26.3 Å². The van der Waals surface area contributed by atoms with Gasteiger partial charge in [0.05, 0.1) is 32.1 Å². The molecule has 0 radical (unpaired) electrons. The average Bonchev–Trinajstić information content (AvgIpc) is 3.28. The lowest BCUT2D eigenvalue weighted by Gasteiger charge is -2.37. The van der Waals surface area contributed by atoms with Gasteiger partial charge in [0.25, 0.3) is 0 Å². The number of benzene rings is 2. The molecule has 3 heterocycles. The van der Waals surface area contributed by atoms with E-state index in [9.17, 15) is 9.18 Å². The van der Waals surface area contributed by atoms with Gasteiger partial charge in [-0.25, -0.2) is 22.9 Å². The summed E-state index contributed by atoms with van der Waals surface area (Å²) in [6.45, 7) is 1.86. The van der Waals surface area contributed by atoms with E-state index in [4.69, 9.17) is 9.47 Å². The highest BCUT2D eigenvalue weighted by atomic mass is 19.1. The number of anilines is 3. The second kappa shape index (κ2) is 9.10. The zero-order valence-electron chi connectivity index (χ0n) is 19.9. The third-order valence-electron chi connectivity index (χ3n) is 6.14. The van der Waals surface area contributed by atoms with E-state index in [0.717, 1.165) is 29.5 Å². The molecule has 4 aromatic rings. The first kappa shape index (κ1) is 23.5. The summed E-state index contributed by atoms with van der Waals surface area (Å²) in [6.07, 6.45) is 3.21. The van der Waals surface area contributed by atoms with Gasteiger partial charge in [0.2, 0.25) is 0 Å². The molecule has 0 saturated carbocycles. The number of halogens is 3. The number of nitrogens with one attached hydrogen (secondary N) is 1. The number of aryl methyl sites for hydroxylation is 1. The molecule has 2 aromatic carbocycles. The van der Waals surface area contributed by atoms with Crippen LogP contribution in [0.4, 0.5) is 35.0 Å². The fraction of sp³-hybridized carbons (Fsp3) is 0.231. The van der Waals surface area contributed by atoms with E-state index in [0.29, 0.717) is 22.3 Å². The monoisotopic (exact) mass is 496 g/mol. The smallest absolute Gasteiger partial charge is 0.334 e. The third kappa shape index (κ3) is 3.69. The van der Waals surface area contributed by atoms with Crippen LogP contribution in [0.2, 0.25) is 0 Å². The molecule has 10 heteroatoms. The van der Waals surface area contributed by atoms with Crippen molar-refractivity contribution >= 4 is 34.1 Å². The number of aromatic nitrogens is 2. The van der Waals surface area contributed by atoms with Gasteiger partial charge in [0, 0.05) is 28.9 Å². The molecule has 0 fully saturated rings. The van der Waals surface area contributed by atoms with E-state index in [1.54, 1.807) is 12.3 Å². The maximum atomic E-state index is 15.4. The number of pyridine rings is 1. The highest BCUT2D eigenvalue weighted by Gasteiger charge is 2.38. The van der Waals surface area contributed by atoms with E-state index in [-0.39, 0.29) is 23.7 Å². The van der Waals surface area contributed by atoms with E-state index >= 15 is 8.78 Å². The average molecular weight is 496 g/mol. The number of H-pyrrole nitrogens is 1. The molecule has 1 aliphatic rings. The Morgan fingerprint density at radius 3 is 2.39 bits per heavy atom. The van der Waals surface area contributed by atoms with Gasteiger partial charge in [-0.3, -0.25) is 9.80 Å². The lowest BCUT2D eigenvalue weighted by atomic mass is 10.1. The minimum Gasteiger partial charge on any atom is -0.493 e. The Balaban J connectivity index is 1.77. The van der Waals surface area contributed by atoms with Gasteiger partial charge in [-0.1, -0.05) is 19.4 Å². The lowest BCUT2D eigenvalue weighted by Crippen LogP contribution is -2.46. The van der Waals surface area contributed by atoms with Crippen molar-refractivity contribution in [3.05, 3.63) is 71.3 Å². The Morgan fingerprint density at radius 1 is 1.03 bits per heavy atom. The van der Waals surface area contributed by atoms with Crippen LogP contribution in [0.25, 0.3) is 11.0 Å². The van der Waals surface area contributed by atoms with Crippen LogP contribution in [-0.2, 0) is 13.0 Å². The first-order valence-electron chi connectivity index (χ1n) is 11.3. The van der Waals surface area contributed by atoms with Crippen LogP contribution < -0.4 is 19.3 Å². The van der Waals surface area contributed by atoms with Crippen molar-refractivity contribution in [3.8, 4) is 11.5 Å². The number of carbonyl (C=O) groups excluding carboxylic acids is 1. The molecule has 36 heavy (non-hydrogen) atoms. The number of methoxy groups -OCH3 is 2. The van der Waals surface area contributed by atoms with Crippen LogP contribution in [0, 0.1) is 17.5 Å². The summed E-state index contributed by atoms with van der Waals surface area (Å²) in [4.78, 5) is 23.9. The summed E-state index contributed by atoms with van der Waals surface area (Å²) < 4.78 is 55.2. The summed E-state index contributed by atoms with van der Waals surface area (Å²) in [5.74, 6) is -3.27. The summed E-state index contributed by atoms with van der Waals surface area (Å²) in [7, 11) is 2.46. The third-order valence-corrected chi connectivity index (χ3v) is 6.14. The van der Waals surface area contributed by atoms with Crippen molar-refractivity contribution in [1.82, 2.24) is 9.97 Å². The first-order valence-corrected chi connectivity index (χ1v) is 11.3. The first-order chi connectivity index (χ1) is 17.4. The fourth-order valence-electron chi connectivity index (χ4n) is 4.53. The molecule has 2 aromatic heterocycles. The van der Waals surface area contributed by atoms with Gasteiger partial charge < -0.3 is 14.5 Å². The predicted octanol–water partition coefficient (Wildman–Crippen LogP) is 6.23. The number of nitrogens with zero attached hydrogens (tertiary/aromatic N) is 3. The van der Waals surface area contributed by atoms with Crippen LogP contribution in [0.5, 0.6) is 11.5 Å². The van der Waals surface area contributed by atoms with Crippen molar-refractivity contribution < 1.29 is 27.4 Å². The van der Waals surface area contributed by atoms with Gasteiger partial charge in [-0.2, -0.15) is 0 Å². The van der Waals surface area contributed by atoms with Gasteiger partial charge in [-0.05, 0) is 30.7 Å². The Kier molecular flexibility index (Phi) is 5.95. The zero-order chi connectivity index (χ0) is 25.6. The summed E-state index contributed by atoms with van der Waals surface area (Å²) in [5.41, 5.74) is 2.05. The van der Waals surface area contributed by atoms with Crippen LogP contribution in [0.15, 0.2) is 42.6 Å². The normalized spacial score (nSPS) is 13.3. The Morgan fingerprint density at radius 2 is 1.75 bits per heavy atom. The molecule has 0 unspecified atom stereocenters. The van der Waals surface area contributed by atoms with Crippen LogP contribution in [0.3, 0.4) is 0 Å². The number of amides is 2. The van der Waals surface area contributed by atoms with Gasteiger partial charge in [0.15, 0.2) is 23.1 Å². The molecule has 0 bridgehead atoms. The second-order valence-electron chi connectivity index (χ2n) is 8.38. The van der Waals surface area contributed by atoms with E-state index in [1.165, 1.54) is 37.3 Å². The number of fused-ring (bicyclic) bond motifs is 3. The number of carbonyl (C=O) groups is 1. The minimum atomic E-state index is -1.06. The van der Waals surface area contributed by atoms with Crippen molar-refractivity contribution in [2.75, 3.05) is 24.0 Å². The van der Waals surface area contributed by atoms with E-state index in [1.807, 2.05) is 13.0 Å². The molecular formula is C26H23F3N4O3. The van der Waals surface area contributed by atoms with Crippen molar-refractivity contribution in [1.29, 1.82) is 0 Å². The second-order valence-corrected chi connectivity index (χ2v) is 8.38. The standard InChI is InChI=1S/C26H23F3N4O3/c1-4-6-16-10-18-23-14(12-30-25(18)31-16)13-32(26(34)33(23)17-8-5-7-15(27)9-17)24-21(28)19(35-2)11-20(36-3)22(24)29/h5,7-12H,4,6,13H2,1-3H3,(H,30,31). The van der Waals surface area contributed by atoms with Gasteiger partial charge >= 0.3 is 6.03 Å². The Hall–Kier alpha value is -4.21. The molecule has 5 rings (SSSR count). The lowest BCUT2D eigenvalue weighted by molar-refractivity contribution is 0.251. The molecule has 186 valence electrons. The number of aromatic amines is 1. The Bertz CT molecular complexity index is 1460. The number of ether oxygens (including phenoxy) is 2. The number of urea groups is 1. The van der Waals surface area contributed by atoms with E-state index < -0.39 is 29.2 Å². The molecule has 0 atom stereocenters. The molecule has 0 aliphatic carbocycles. The maximum Gasteiger partial charge on any atom is 0.334 e. The van der Waals surface area contributed by atoms with Crippen LogP contribution in [0.1, 0.15) is 24.6 Å². The van der Waals surface area contributed by atoms with Crippen LogP contribution >= 0.6 is 0 Å². The summed E-state index contributed by atoms with van der Waals surface area (Å²) >= 11 is 0. The summed E-state index contributed by atoms with van der Waals surface area (Å²) in [5, 5.41) is 0.650. The molecule has 2 amide bonds. The fourth-order valence-corrected chi connectivity index (χ4v) is 4.53. The topological polar surface area (TPSA) is 70.7 Å². The molecule has 0 saturated heterocycles. The van der Waals surface area contributed by atoms with Gasteiger partial charge in [0.1, 0.15) is 17.2 Å². The van der Waals surface area contributed by atoms with Crippen molar-refractivity contribution in [3.63, 3.8) is 0 Å². The predicted molar refractivity (Wildman–Crippen MR) is 130 cm³/mol. The minimum absolute atomic E-state index is 0.179. The van der Waals surface area contributed by atoms with Crippen LogP contribution in [-0.4, -0.2) is 30.2 Å². The summed E-state index contributed by atoms with van der Waals surface area (Å²) in [6, 6.07) is 7.66. The molecular weight excluding hydrogens is 473 g/mol. The van der Waals surface area contributed by atoms with Gasteiger partial charge in [-0.15, -0.1) is 0 Å². The SMILES string of the molecule is CCCc1cc2c3c(cnc2[nH]1)CN(c1c(F)c(OC)cc(OC)c1F)C(=O)N3c1cccc(F)c1. The number of hydrogen-bond acceptors (Lipinski definition) is 4. The molecule has 0 spiro atoms. The van der Waals surface area contributed by atoms with E-state index in [2.05, 4.69) is 9.97 Å². The Labute approximate surface area is 205 Å². The molecule has 1 N–H and O–H groups in total. The highest BCUT2D eigenvalue weighted by Crippen LogP contribution is 2.44. The highest BCUT2D eigenvalue weighted by molar-refractivity contribution is 6.15. The number of rotatable bonds is 6. The maximum absolute atomic E-state index is 15.4. The molecule has 1 aliphatic heterocycles. The zero-order valence-corrected chi connectivity index (χ0v) is 19.9. The van der Waals surface area contributed by atoms with Crippen molar-refractivity contribution in [2.24, 2.45) is 0 Å². The molecule has 7 nitrogen and oxygen atoms in total.